The van der Waals surface area contributed by atoms with E-state index in [-0.39, 0.29) is 12.6 Å². The topological polar surface area (TPSA) is 113 Å². The van der Waals surface area contributed by atoms with Crippen LogP contribution < -0.4 is 15.4 Å². The second-order valence-corrected chi connectivity index (χ2v) is 9.39. The van der Waals surface area contributed by atoms with E-state index in [2.05, 4.69) is 37.4 Å². The molecule has 1 aliphatic rings. The van der Waals surface area contributed by atoms with Gasteiger partial charge < -0.3 is 10.6 Å². The van der Waals surface area contributed by atoms with Crippen molar-refractivity contribution in [2.45, 2.75) is 49.9 Å². The average molecular weight is 426 g/mol. The number of aromatic nitrogens is 3. The highest BCUT2D eigenvalue weighted by molar-refractivity contribution is 7.91. The van der Waals surface area contributed by atoms with Crippen LogP contribution in [0.4, 0.5) is 0 Å². The molecule has 1 aliphatic heterocycles. The van der Waals surface area contributed by atoms with Gasteiger partial charge in [0.05, 0.1) is 13.1 Å². The molecule has 0 aromatic carbocycles. The molecule has 0 aliphatic carbocycles. The molecule has 1 atom stereocenters. The van der Waals surface area contributed by atoms with Gasteiger partial charge in [0.1, 0.15) is 10.0 Å². The maximum atomic E-state index is 12.1. The molecule has 3 rings (SSSR count). The number of aryl methyl sites for hydroxylation is 2. The first-order valence-electron chi connectivity index (χ1n) is 9.52. The Labute approximate surface area is 169 Å². The molecular weight excluding hydrogens is 398 g/mol. The molecule has 0 saturated heterocycles. The molecule has 11 heteroatoms. The summed E-state index contributed by atoms with van der Waals surface area (Å²) in [6.45, 7) is 6.13. The molecule has 3 heterocycles. The van der Waals surface area contributed by atoms with E-state index in [1.165, 1.54) is 11.3 Å². The second kappa shape index (κ2) is 9.48. The smallest absolute Gasteiger partial charge is 0.250 e. The molecule has 28 heavy (non-hydrogen) atoms. The van der Waals surface area contributed by atoms with Gasteiger partial charge in [-0.15, -0.1) is 11.3 Å². The van der Waals surface area contributed by atoms with Gasteiger partial charge in [-0.05, 0) is 24.8 Å². The van der Waals surface area contributed by atoms with Crippen molar-refractivity contribution >= 4 is 27.3 Å². The van der Waals surface area contributed by atoms with Crippen LogP contribution in [0.1, 0.15) is 31.9 Å². The van der Waals surface area contributed by atoms with Gasteiger partial charge >= 0.3 is 0 Å². The number of rotatable bonds is 8. The van der Waals surface area contributed by atoms with E-state index >= 15 is 0 Å². The lowest BCUT2D eigenvalue weighted by molar-refractivity contribution is 0.392. The highest BCUT2D eigenvalue weighted by Crippen LogP contribution is 2.15. The minimum absolute atomic E-state index is 0.208. The summed E-state index contributed by atoms with van der Waals surface area (Å²) in [5.74, 6) is 2.61. The summed E-state index contributed by atoms with van der Waals surface area (Å²) in [5, 5.41) is 12.9. The zero-order valence-electron chi connectivity index (χ0n) is 16.2. The van der Waals surface area contributed by atoms with Crippen molar-refractivity contribution in [2.24, 2.45) is 4.99 Å². The Morgan fingerprint density at radius 2 is 2.29 bits per heavy atom. The molecule has 2 aromatic rings. The van der Waals surface area contributed by atoms with Gasteiger partial charge in [0.2, 0.25) is 10.0 Å². The number of sulfonamides is 1. The molecular formula is C17H27N7O2S2. The SMILES string of the molecule is CCNC(=NCCNS(=O)(=O)c1cccs1)NC1CCc2nc(CC)nn2C1. The number of hydrogen-bond donors (Lipinski definition) is 3. The van der Waals surface area contributed by atoms with Crippen LogP contribution in [0.3, 0.4) is 0 Å². The third-order valence-electron chi connectivity index (χ3n) is 4.34. The summed E-state index contributed by atoms with van der Waals surface area (Å²) in [4.78, 5) is 9.03. The normalized spacial score (nSPS) is 17.4. The number of nitrogens with zero attached hydrogens (tertiary/aromatic N) is 4. The molecule has 0 saturated carbocycles. The fourth-order valence-corrected chi connectivity index (χ4v) is 5.04. The third kappa shape index (κ3) is 5.30. The van der Waals surface area contributed by atoms with Crippen LogP contribution >= 0.6 is 11.3 Å². The maximum Gasteiger partial charge on any atom is 0.250 e. The van der Waals surface area contributed by atoms with E-state index in [0.29, 0.717) is 16.7 Å². The van der Waals surface area contributed by atoms with Crippen molar-refractivity contribution in [1.29, 1.82) is 0 Å². The van der Waals surface area contributed by atoms with Crippen LogP contribution in [0.5, 0.6) is 0 Å². The largest absolute Gasteiger partial charge is 0.357 e. The van der Waals surface area contributed by atoms with Gasteiger partial charge in [0, 0.05) is 32.0 Å². The lowest BCUT2D eigenvalue weighted by Gasteiger charge is -2.25. The summed E-state index contributed by atoms with van der Waals surface area (Å²) in [5.41, 5.74) is 0. The van der Waals surface area contributed by atoms with Crippen LogP contribution in [-0.2, 0) is 29.4 Å². The van der Waals surface area contributed by atoms with E-state index in [9.17, 15) is 8.42 Å². The Hall–Kier alpha value is -1.98. The summed E-state index contributed by atoms with van der Waals surface area (Å²) < 4.78 is 29.1. The predicted octanol–water partition coefficient (Wildman–Crippen LogP) is 0.750. The first-order chi connectivity index (χ1) is 13.5. The van der Waals surface area contributed by atoms with Crippen LogP contribution in [0.2, 0.25) is 0 Å². The summed E-state index contributed by atoms with van der Waals surface area (Å²) in [7, 11) is -3.45. The number of hydrogen-bond acceptors (Lipinski definition) is 6. The molecule has 0 bridgehead atoms. The lowest BCUT2D eigenvalue weighted by Crippen LogP contribution is -2.47. The number of thiophene rings is 1. The standard InChI is InChI=1S/C17H27N7O2S2/c1-3-14-22-15-8-7-13(12-24(15)23-14)21-17(18-4-2)19-9-10-20-28(25,26)16-6-5-11-27-16/h5-6,11,13,20H,3-4,7-10,12H2,1-2H3,(H2,18,19,21). The van der Waals surface area contributed by atoms with E-state index in [1.54, 1.807) is 17.5 Å². The molecule has 1 unspecified atom stereocenters. The molecule has 0 amide bonds. The van der Waals surface area contributed by atoms with Gasteiger partial charge in [-0.25, -0.2) is 22.8 Å². The number of guanidine groups is 1. The predicted molar refractivity (Wildman–Crippen MR) is 110 cm³/mol. The second-order valence-electron chi connectivity index (χ2n) is 6.45. The molecule has 0 fully saturated rings. The highest BCUT2D eigenvalue weighted by atomic mass is 32.2. The fraction of sp³-hybridized carbons (Fsp3) is 0.588. The molecule has 0 radical (unpaired) electrons. The Bertz CT molecular complexity index is 891. The molecule has 9 nitrogen and oxygen atoms in total. The van der Waals surface area contributed by atoms with Gasteiger partial charge in [0.25, 0.3) is 0 Å². The minimum atomic E-state index is -3.45. The van der Waals surface area contributed by atoms with Crippen molar-refractivity contribution < 1.29 is 8.42 Å². The van der Waals surface area contributed by atoms with Gasteiger partial charge in [0.15, 0.2) is 11.8 Å². The Morgan fingerprint density at radius 3 is 3.00 bits per heavy atom. The van der Waals surface area contributed by atoms with Crippen LogP contribution in [-0.4, -0.2) is 54.8 Å². The Kier molecular flexibility index (Phi) is 7.03. The first-order valence-corrected chi connectivity index (χ1v) is 11.9. The molecule has 0 spiro atoms. The van der Waals surface area contributed by atoms with Crippen molar-refractivity contribution in [2.75, 3.05) is 19.6 Å². The Balaban J connectivity index is 1.53. The quantitative estimate of drug-likeness (QED) is 0.327. The highest BCUT2D eigenvalue weighted by Gasteiger charge is 2.22. The van der Waals surface area contributed by atoms with E-state index in [4.69, 9.17) is 0 Å². The van der Waals surface area contributed by atoms with Crippen LogP contribution in [0.15, 0.2) is 26.7 Å². The molecule has 154 valence electrons. The zero-order chi connectivity index (χ0) is 20.0. The monoisotopic (exact) mass is 425 g/mol. The summed E-state index contributed by atoms with van der Waals surface area (Å²) >= 11 is 1.20. The number of fused-ring (bicyclic) bond motifs is 1. The van der Waals surface area contributed by atoms with Crippen LogP contribution in [0, 0.1) is 0 Å². The van der Waals surface area contributed by atoms with Gasteiger partial charge in [-0.3, -0.25) is 4.99 Å². The molecule has 3 N–H and O–H groups in total. The molecule has 2 aromatic heterocycles. The van der Waals surface area contributed by atoms with Crippen molar-refractivity contribution in [3.8, 4) is 0 Å². The van der Waals surface area contributed by atoms with E-state index < -0.39 is 10.0 Å². The fourth-order valence-electron chi connectivity index (χ4n) is 2.98. The van der Waals surface area contributed by atoms with Crippen molar-refractivity contribution in [3.05, 3.63) is 29.2 Å². The zero-order valence-corrected chi connectivity index (χ0v) is 17.8. The van der Waals surface area contributed by atoms with E-state index in [1.807, 2.05) is 11.6 Å². The van der Waals surface area contributed by atoms with Crippen molar-refractivity contribution in [1.82, 2.24) is 30.1 Å². The number of nitrogens with one attached hydrogen (secondary N) is 3. The van der Waals surface area contributed by atoms with E-state index in [0.717, 1.165) is 44.0 Å². The number of aliphatic imine (C=N–C) groups is 1. The lowest BCUT2D eigenvalue weighted by atomic mass is 10.1. The first kappa shape index (κ1) is 20.7. The summed E-state index contributed by atoms with van der Waals surface area (Å²) in [6, 6.07) is 3.52. The third-order valence-corrected chi connectivity index (χ3v) is 7.20. The maximum absolute atomic E-state index is 12.1. The van der Waals surface area contributed by atoms with Gasteiger partial charge in [-0.2, -0.15) is 5.10 Å². The minimum Gasteiger partial charge on any atom is -0.357 e. The van der Waals surface area contributed by atoms with Crippen molar-refractivity contribution in [3.63, 3.8) is 0 Å². The average Bonchev–Trinajstić information content (AvgIpc) is 3.34. The summed E-state index contributed by atoms with van der Waals surface area (Å²) in [6.07, 6.45) is 2.67. The Morgan fingerprint density at radius 1 is 1.43 bits per heavy atom. The van der Waals surface area contributed by atoms with Gasteiger partial charge in [-0.1, -0.05) is 13.0 Å². The van der Waals surface area contributed by atoms with Crippen LogP contribution in [0.25, 0.3) is 0 Å².